The second-order valence-corrected chi connectivity index (χ2v) is 6.02. The SMILES string of the molecule is CC1CCN(CCCC(C)(C)C(N)=NO)C1CO. The van der Waals surface area contributed by atoms with Gasteiger partial charge < -0.3 is 16.0 Å². The number of hydrogen-bond acceptors (Lipinski definition) is 4. The number of aliphatic hydroxyl groups excluding tert-OH is 1. The molecular formula is C13H27N3O2. The molecule has 1 rings (SSSR count). The van der Waals surface area contributed by atoms with Crippen molar-refractivity contribution in [3.63, 3.8) is 0 Å². The molecule has 4 N–H and O–H groups in total. The van der Waals surface area contributed by atoms with Gasteiger partial charge in [-0.2, -0.15) is 0 Å². The first-order valence-corrected chi connectivity index (χ1v) is 6.75. The predicted octanol–water partition coefficient (Wildman–Crippen LogP) is 1.24. The summed E-state index contributed by atoms with van der Waals surface area (Å²) in [5, 5.41) is 21.2. The molecule has 0 radical (unpaired) electrons. The molecule has 18 heavy (non-hydrogen) atoms. The summed E-state index contributed by atoms with van der Waals surface area (Å²) in [5.74, 6) is 0.864. The molecule has 0 spiro atoms. The summed E-state index contributed by atoms with van der Waals surface area (Å²) in [5.41, 5.74) is 5.40. The lowest BCUT2D eigenvalue weighted by Crippen LogP contribution is -2.37. The van der Waals surface area contributed by atoms with Crippen LogP contribution in [0, 0.1) is 11.3 Å². The van der Waals surface area contributed by atoms with Gasteiger partial charge in [-0.05, 0) is 38.3 Å². The topological polar surface area (TPSA) is 82.1 Å². The minimum atomic E-state index is -0.269. The van der Waals surface area contributed by atoms with Crippen LogP contribution in [0.2, 0.25) is 0 Å². The average molecular weight is 257 g/mol. The Morgan fingerprint density at radius 1 is 1.50 bits per heavy atom. The van der Waals surface area contributed by atoms with E-state index in [0.29, 0.717) is 12.0 Å². The molecular weight excluding hydrogens is 230 g/mol. The van der Waals surface area contributed by atoms with Gasteiger partial charge in [0.2, 0.25) is 0 Å². The molecule has 0 aromatic heterocycles. The van der Waals surface area contributed by atoms with Gasteiger partial charge in [-0.15, -0.1) is 0 Å². The Morgan fingerprint density at radius 2 is 2.17 bits per heavy atom. The third kappa shape index (κ3) is 3.59. The minimum absolute atomic E-state index is 0.241. The maximum Gasteiger partial charge on any atom is 0.144 e. The smallest absolute Gasteiger partial charge is 0.144 e. The van der Waals surface area contributed by atoms with Crippen molar-refractivity contribution in [2.75, 3.05) is 19.7 Å². The molecule has 2 atom stereocenters. The first-order valence-electron chi connectivity index (χ1n) is 6.75. The monoisotopic (exact) mass is 257 g/mol. The Labute approximate surface area is 110 Å². The minimum Gasteiger partial charge on any atom is -0.409 e. The summed E-state index contributed by atoms with van der Waals surface area (Å²) < 4.78 is 0. The third-order valence-electron chi connectivity index (χ3n) is 4.23. The van der Waals surface area contributed by atoms with E-state index in [-0.39, 0.29) is 17.9 Å². The van der Waals surface area contributed by atoms with Crippen LogP contribution < -0.4 is 5.73 Å². The lowest BCUT2D eigenvalue weighted by molar-refractivity contribution is 0.135. The molecule has 0 aromatic carbocycles. The quantitative estimate of drug-likeness (QED) is 0.289. The first-order chi connectivity index (χ1) is 8.42. The van der Waals surface area contributed by atoms with Gasteiger partial charge in [0.05, 0.1) is 6.61 Å². The second kappa shape index (κ2) is 6.38. The van der Waals surface area contributed by atoms with Gasteiger partial charge in [-0.25, -0.2) is 0 Å². The largest absolute Gasteiger partial charge is 0.409 e. The zero-order chi connectivity index (χ0) is 13.8. The molecule has 106 valence electrons. The summed E-state index contributed by atoms with van der Waals surface area (Å²) in [6.07, 6.45) is 3.03. The van der Waals surface area contributed by atoms with Crippen LogP contribution in [-0.4, -0.2) is 46.8 Å². The number of likely N-dealkylation sites (tertiary alicyclic amines) is 1. The standard InChI is InChI=1S/C13H27N3O2/c1-10-5-8-16(11(10)9-17)7-4-6-13(2,3)12(14)15-18/h10-11,17-18H,4-9H2,1-3H3,(H2,14,15). The molecule has 2 unspecified atom stereocenters. The van der Waals surface area contributed by atoms with Gasteiger partial charge in [0.1, 0.15) is 5.84 Å². The molecule has 5 nitrogen and oxygen atoms in total. The summed E-state index contributed by atoms with van der Waals surface area (Å²) in [4.78, 5) is 2.35. The normalized spacial score (nSPS) is 26.8. The van der Waals surface area contributed by atoms with E-state index in [9.17, 15) is 5.11 Å². The summed E-state index contributed by atoms with van der Waals surface area (Å²) in [6, 6.07) is 0.303. The lowest BCUT2D eigenvalue weighted by Gasteiger charge is -2.27. The average Bonchev–Trinajstić information content (AvgIpc) is 2.68. The highest BCUT2D eigenvalue weighted by molar-refractivity contribution is 5.85. The number of amidine groups is 1. The lowest BCUT2D eigenvalue weighted by atomic mass is 9.86. The van der Waals surface area contributed by atoms with Crippen LogP contribution >= 0.6 is 0 Å². The number of rotatable bonds is 6. The van der Waals surface area contributed by atoms with Crippen molar-refractivity contribution in [1.82, 2.24) is 4.90 Å². The number of aliphatic hydroxyl groups is 1. The summed E-state index contributed by atoms with van der Waals surface area (Å²) in [7, 11) is 0. The van der Waals surface area contributed by atoms with E-state index in [0.717, 1.165) is 32.4 Å². The Hall–Kier alpha value is -0.810. The zero-order valence-corrected chi connectivity index (χ0v) is 11.8. The third-order valence-corrected chi connectivity index (χ3v) is 4.23. The highest BCUT2D eigenvalue weighted by atomic mass is 16.4. The molecule has 1 aliphatic heterocycles. The highest BCUT2D eigenvalue weighted by Gasteiger charge is 2.30. The predicted molar refractivity (Wildman–Crippen MR) is 72.7 cm³/mol. The Morgan fingerprint density at radius 3 is 2.72 bits per heavy atom. The van der Waals surface area contributed by atoms with E-state index in [1.807, 2.05) is 13.8 Å². The molecule has 0 amide bonds. The van der Waals surface area contributed by atoms with E-state index >= 15 is 0 Å². The Balaban J connectivity index is 2.38. The van der Waals surface area contributed by atoms with Gasteiger partial charge in [0.25, 0.3) is 0 Å². The number of nitrogens with two attached hydrogens (primary N) is 1. The molecule has 1 aliphatic rings. The van der Waals surface area contributed by atoms with Gasteiger partial charge in [-0.1, -0.05) is 25.9 Å². The Kier molecular flexibility index (Phi) is 5.41. The molecule has 1 saturated heterocycles. The van der Waals surface area contributed by atoms with E-state index in [4.69, 9.17) is 10.9 Å². The molecule has 0 saturated carbocycles. The molecule has 0 aliphatic carbocycles. The number of nitrogens with zero attached hydrogens (tertiary/aromatic N) is 2. The Bertz CT molecular complexity index is 292. The van der Waals surface area contributed by atoms with E-state index in [1.54, 1.807) is 0 Å². The second-order valence-electron chi connectivity index (χ2n) is 6.02. The van der Waals surface area contributed by atoms with Gasteiger partial charge in [0.15, 0.2) is 0 Å². The summed E-state index contributed by atoms with van der Waals surface area (Å²) >= 11 is 0. The van der Waals surface area contributed by atoms with Crippen LogP contribution in [0.15, 0.2) is 5.16 Å². The fourth-order valence-corrected chi connectivity index (χ4v) is 2.65. The maximum atomic E-state index is 9.38. The molecule has 0 bridgehead atoms. The van der Waals surface area contributed by atoms with E-state index in [1.165, 1.54) is 0 Å². The van der Waals surface area contributed by atoms with Crippen LogP contribution in [0.5, 0.6) is 0 Å². The van der Waals surface area contributed by atoms with Crippen molar-refractivity contribution >= 4 is 5.84 Å². The number of hydrogen-bond donors (Lipinski definition) is 3. The first kappa shape index (κ1) is 15.2. The molecule has 0 aromatic rings. The van der Waals surface area contributed by atoms with Crippen molar-refractivity contribution in [3.05, 3.63) is 0 Å². The molecule has 5 heteroatoms. The van der Waals surface area contributed by atoms with Gasteiger partial charge in [0, 0.05) is 11.5 Å². The van der Waals surface area contributed by atoms with Gasteiger partial charge >= 0.3 is 0 Å². The van der Waals surface area contributed by atoms with Crippen LogP contribution in [0.25, 0.3) is 0 Å². The van der Waals surface area contributed by atoms with Crippen molar-refractivity contribution in [2.45, 2.75) is 46.1 Å². The van der Waals surface area contributed by atoms with Crippen molar-refractivity contribution in [2.24, 2.45) is 22.2 Å². The van der Waals surface area contributed by atoms with E-state index < -0.39 is 0 Å². The van der Waals surface area contributed by atoms with Crippen molar-refractivity contribution < 1.29 is 10.3 Å². The van der Waals surface area contributed by atoms with Crippen LogP contribution in [-0.2, 0) is 0 Å². The van der Waals surface area contributed by atoms with Crippen LogP contribution in [0.4, 0.5) is 0 Å². The fourth-order valence-electron chi connectivity index (χ4n) is 2.65. The van der Waals surface area contributed by atoms with Gasteiger partial charge in [-0.3, -0.25) is 4.90 Å². The summed E-state index contributed by atoms with van der Waals surface area (Å²) in [6.45, 7) is 8.44. The van der Waals surface area contributed by atoms with E-state index in [2.05, 4.69) is 17.0 Å². The van der Waals surface area contributed by atoms with Crippen LogP contribution in [0.1, 0.15) is 40.0 Å². The molecule has 1 fully saturated rings. The van der Waals surface area contributed by atoms with Crippen molar-refractivity contribution in [3.8, 4) is 0 Å². The number of oxime groups is 1. The molecule has 1 heterocycles. The highest BCUT2D eigenvalue weighted by Crippen LogP contribution is 2.26. The van der Waals surface area contributed by atoms with Crippen LogP contribution in [0.3, 0.4) is 0 Å². The zero-order valence-electron chi connectivity index (χ0n) is 11.8. The van der Waals surface area contributed by atoms with Crippen molar-refractivity contribution in [1.29, 1.82) is 0 Å². The fraction of sp³-hybridized carbons (Fsp3) is 0.923. The maximum absolute atomic E-state index is 9.38.